The van der Waals surface area contributed by atoms with Gasteiger partial charge in [-0.2, -0.15) is 0 Å². The van der Waals surface area contributed by atoms with Crippen molar-refractivity contribution in [3.8, 4) is 0 Å². The van der Waals surface area contributed by atoms with E-state index in [2.05, 4.69) is 11.1 Å². The first-order valence-electron chi connectivity index (χ1n) is 5.71. The maximum atomic E-state index is 11.3. The Labute approximate surface area is 114 Å². The van der Waals surface area contributed by atoms with Gasteiger partial charge in [0.15, 0.2) is 0 Å². The molecule has 2 nitrogen and oxygen atoms in total. The molecular formula is C14H12ClNOS. The molecule has 4 heteroatoms. The maximum Gasteiger partial charge on any atom is 0.137 e. The van der Waals surface area contributed by atoms with Crippen LogP contribution in [0.5, 0.6) is 0 Å². The molecule has 92 valence electrons. The Morgan fingerprint density at radius 1 is 1.50 bits per heavy atom. The van der Waals surface area contributed by atoms with Gasteiger partial charge in [-0.05, 0) is 29.9 Å². The first-order chi connectivity index (χ1) is 8.64. The van der Waals surface area contributed by atoms with Crippen LogP contribution in [-0.4, -0.2) is 16.0 Å². The largest absolute Gasteiger partial charge is 0.363 e. The van der Waals surface area contributed by atoms with Crippen LogP contribution in [0.4, 0.5) is 0 Å². The second-order valence-corrected chi connectivity index (χ2v) is 6.48. The quantitative estimate of drug-likeness (QED) is 0.838. The maximum absolute atomic E-state index is 11.3. The number of hydrogen-bond donors (Lipinski definition) is 1. The molecule has 1 N–H and O–H groups in total. The Kier molecular flexibility index (Phi) is 2.76. The smallest absolute Gasteiger partial charge is 0.137 e. The molecule has 2 heterocycles. The number of aromatic nitrogens is 1. The number of rotatable bonds is 2. The minimum Gasteiger partial charge on any atom is -0.363 e. The number of hydrogen-bond acceptors (Lipinski definition) is 2. The molecule has 0 fully saturated rings. The van der Waals surface area contributed by atoms with E-state index in [1.54, 1.807) is 11.8 Å². The highest BCUT2D eigenvalue weighted by atomic mass is 35.5. The lowest BCUT2D eigenvalue weighted by atomic mass is 9.90. The van der Waals surface area contributed by atoms with Gasteiger partial charge in [0.25, 0.3) is 0 Å². The molecule has 0 saturated carbocycles. The molecule has 1 aromatic heterocycles. The molecule has 2 atom stereocenters. The molecule has 0 saturated heterocycles. The Morgan fingerprint density at radius 3 is 3.11 bits per heavy atom. The minimum atomic E-state index is -0.430. The first kappa shape index (κ1) is 11.9. The number of H-pyrrole nitrogens is 1. The van der Waals surface area contributed by atoms with Gasteiger partial charge in [-0.15, -0.1) is 11.8 Å². The number of aldehydes is 1. The highest BCUT2D eigenvalue weighted by molar-refractivity contribution is 8.04. The van der Waals surface area contributed by atoms with Crippen LogP contribution >= 0.6 is 23.4 Å². The number of halogens is 1. The zero-order chi connectivity index (χ0) is 12.8. The van der Waals surface area contributed by atoms with E-state index in [0.29, 0.717) is 5.02 Å². The van der Waals surface area contributed by atoms with Crippen molar-refractivity contribution in [2.45, 2.75) is 17.6 Å². The van der Waals surface area contributed by atoms with E-state index in [0.717, 1.165) is 22.8 Å². The van der Waals surface area contributed by atoms with Gasteiger partial charge in [-0.1, -0.05) is 23.7 Å². The van der Waals surface area contributed by atoms with Crippen molar-refractivity contribution in [1.82, 2.24) is 4.98 Å². The molecule has 0 radical (unpaired) electrons. The summed E-state index contributed by atoms with van der Waals surface area (Å²) in [4.78, 5) is 14.6. The normalized spacial score (nSPS) is 26.9. The number of fused-ring (bicyclic) bond motifs is 1. The Balaban J connectivity index is 2.17. The highest BCUT2D eigenvalue weighted by Crippen LogP contribution is 2.46. The van der Waals surface area contributed by atoms with E-state index in [4.69, 9.17) is 11.6 Å². The molecule has 0 spiro atoms. The molecule has 18 heavy (non-hydrogen) atoms. The van der Waals surface area contributed by atoms with Crippen molar-refractivity contribution in [2.24, 2.45) is 0 Å². The molecule has 0 aliphatic carbocycles. The SMILES string of the molecule is CC1(C=O)SC=CC1c1[nH]cc2ccc(Cl)cc12. The summed E-state index contributed by atoms with van der Waals surface area (Å²) in [6.07, 6.45) is 5.06. The third-order valence-corrected chi connectivity index (χ3v) is 4.83. The first-order valence-corrected chi connectivity index (χ1v) is 6.97. The molecule has 0 bridgehead atoms. The fraction of sp³-hybridized carbons (Fsp3) is 0.214. The van der Waals surface area contributed by atoms with Gasteiger partial charge in [0.2, 0.25) is 0 Å². The van der Waals surface area contributed by atoms with Crippen LogP contribution in [0, 0.1) is 0 Å². The molecule has 3 rings (SSSR count). The van der Waals surface area contributed by atoms with Crippen LogP contribution in [0.3, 0.4) is 0 Å². The number of aromatic amines is 1. The third kappa shape index (κ3) is 1.70. The topological polar surface area (TPSA) is 32.9 Å². The monoisotopic (exact) mass is 277 g/mol. The van der Waals surface area contributed by atoms with Gasteiger partial charge in [0.1, 0.15) is 6.29 Å². The van der Waals surface area contributed by atoms with Gasteiger partial charge < -0.3 is 9.78 Å². The van der Waals surface area contributed by atoms with Crippen molar-refractivity contribution >= 4 is 40.4 Å². The van der Waals surface area contributed by atoms with E-state index < -0.39 is 4.75 Å². The van der Waals surface area contributed by atoms with Crippen molar-refractivity contribution in [1.29, 1.82) is 0 Å². The summed E-state index contributed by atoms with van der Waals surface area (Å²) in [5, 5.41) is 4.92. The summed E-state index contributed by atoms with van der Waals surface area (Å²) in [5.41, 5.74) is 1.06. The Bertz CT molecular complexity index is 648. The van der Waals surface area contributed by atoms with E-state index in [1.165, 1.54) is 0 Å². The number of benzene rings is 1. The lowest BCUT2D eigenvalue weighted by Gasteiger charge is -2.23. The third-order valence-electron chi connectivity index (χ3n) is 3.44. The van der Waals surface area contributed by atoms with Gasteiger partial charge in [0, 0.05) is 28.2 Å². The summed E-state index contributed by atoms with van der Waals surface area (Å²) >= 11 is 7.61. The predicted molar refractivity (Wildman–Crippen MR) is 77.2 cm³/mol. The Hall–Kier alpha value is -1.19. The average molecular weight is 278 g/mol. The zero-order valence-corrected chi connectivity index (χ0v) is 11.4. The summed E-state index contributed by atoms with van der Waals surface area (Å²) < 4.78 is -0.430. The van der Waals surface area contributed by atoms with Crippen LogP contribution in [0.25, 0.3) is 10.8 Å². The second kappa shape index (κ2) is 4.18. The van der Waals surface area contributed by atoms with E-state index >= 15 is 0 Å². The molecule has 0 amide bonds. The summed E-state index contributed by atoms with van der Waals surface area (Å²) in [6.45, 7) is 1.96. The zero-order valence-electron chi connectivity index (χ0n) is 9.81. The number of thioether (sulfide) groups is 1. The van der Waals surface area contributed by atoms with Crippen LogP contribution in [0.15, 0.2) is 35.9 Å². The molecule has 1 aliphatic heterocycles. The number of allylic oxidation sites excluding steroid dienone is 1. The van der Waals surface area contributed by atoms with Crippen molar-refractivity contribution in [3.05, 3.63) is 46.6 Å². The van der Waals surface area contributed by atoms with Crippen molar-refractivity contribution in [2.75, 3.05) is 0 Å². The van der Waals surface area contributed by atoms with Gasteiger partial charge in [-0.25, -0.2) is 0 Å². The fourth-order valence-electron chi connectivity index (χ4n) is 2.39. The number of carbonyl (C=O) groups excluding carboxylic acids is 1. The van der Waals surface area contributed by atoms with Crippen molar-refractivity contribution < 1.29 is 4.79 Å². The van der Waals surface area contributed by atoms with Crippen LogP contribution < -0.4 is 0 Å². The van der Waals surface area contributed by atoms with Crippen LogP contribution in [-0.2, 0) is 4.79 Å². The predicted octanol–water partition coefficient (Wildman–Crippen LogP) is 4.12. The molecule has 2 aromatic rings. The fourth-order valence-corrected chi connectivity index (χ4v) is 3.49. The average Bonchev–Trinajstić information content (AvgIpc) is 2.93. The summed E-state index contributed by atoms with van der Waals surface area (Å²) in [6, 6.07) is 5.81. The highest BCUT2D eigenvalue weighted by Gasteiger charge is 2.38. The molecule has 1 aromatic carbocycles. The molecular weight excluding hydrogens is 266 g/mol. The lowest BCUT2D eigenvalue weighted by molar-refractivity contribution is -0.109. The van der Waals surface area contributed by atoms with E-state index in [1.807, 2.05) is 36.7 Å². The Morgan fingerprint density at radius 2 is 2.33 bits per heavy atom. The number of nitrogens with one attached hydrogen (secondary N) is 1. The number of carbonyl (C=O) groups is 1. The van der Waals surface area contributed by atoms with Crippen LogP contribution in [0.2, 0.25) is 5.02 Å². The van der Waals surface area contributed by atoms with E-state index in [9.17, 15) is 4.79 Å². The summed E-state index contributed by atoms with van der Waals surface area (Å²) in [5.74, 6) is 0.0657. The van der Waals surface area contributed by atoms with Crippen LogP contribution in [0.1, 0.15) is 18.5 Å². The lowest BCUT2D eigenvalue weighted by Crippen LogP contribution is -2.27. The van der Waals surface area contributed by atoms with E-state index in [-0.39, 0.29) is 5.92 Å². The standard InChI is InChI=1S/C14H12ClNOS/c1-14(8-17)12(4-5-18-14)13-11-6-10(15)3-2-9(11)7-16-13/h2-8,12,16H,1H3. The molecule has 1 aliphatic rings. The molecule has 2 unspecified atom stereocenters. The van der Waals surface area contributed by atoms with Gasteiger partial charge in [0.05, 0.1) is 4.75 Å². The summed E-state index contributed by atoms with van der Waals surface area (Å²) in [7, 11) is 0. The van der Waals surface area contributed by atoms with Gasteiger partial charge in [-0.3, -0.25) is 0 Å². The van der Waals surface area contributed by atoms with Crippen molar-refractivity contribution in [3.63, 3.8) is 0 Å². The van der Waals surface area contributed by atoms with Gasteiger partial charge >= 0.3 is 0 Å². The minimum absolute atomic E-state index is 0.0657. The second-order valence-electron chi connectivity index (χ2n) is 4.66.